The van der Waals surface area contributed by atoms with Crippen molar-refractivity contribution in [2.45, 2.75) is 28.9 Å². The van der Waals surface area contributed by atoms with E-state index in [1.165, 1.54) is 0 Å². The van der Waals surface area contributed by atoms with Crippen molar-refractivity contribution in [3.05, 3.63) is 0 Å². The Kier molecular flexibility index (Phi) is 3.89. The third kappa shape index (κ3) is 2.46. The molecule has 8 heteroatoms. The van der Waals surface area contributed by atoms with Gasteiger partial charge in [-0.1, -0.05) is 37.0 Å². The minimum atomic E-state index is -3.94. The Hall–Kier alpha value is 0.490. The molecule has 0 bridgehead atoms. The molecule has 100 valence electrons. The van der Waals surface area contributed by atoms with Crippen molar-refractivity contribution in [2.75, 3.05) is 0 Å². The van der Waals surface area contributed by atoms with Gasteiger partial charge < -0.3 is 5.11 Å². The summed E-state index contributed by atoms with van der Waals surface area (Å²) < 4.78 is 23.3. The number of rotatable bonds is 4. The van der Waals surface area contributed by atoms with Gasteiger partial charge >= 0.3 is 11.4 Å². The molecule has 0 amide bonds. The fourth-order valence-electron chi connectivity index (χ4n) is 2.08. The number of carboxylic acids is 1. The number of aliphatic carboxylic acids is 1. The minimum absolute atomic E-state index is 0.741. The summed E-state index contributed by atoms with van der Waals surface area (Å²) >= 11 is 21.5. The van der Waals surface area contributed by atoms with Crippen molar-refractivity contribution in [2.24, 2.45) is 17.3 Å². The third-order valence-electron chi connectivity index (χ3n) is 3.22. The molecule has 0 aliphatic heterocycles. The summed E-state index contributed by atoms with van der Waals surface area (Å²) in [6.07, 6.45) is 0. The van der Waals surface area contributed by atoms with Crippen molar-refractivity contribution in [3.8, 4) is 0 Å². The van der Waals surface area contributed by atoms with Crippen LogP contribution in [0.4, 0.5) is 8.78 Å². The zero-order valence-electron chi connectivity index (χ0n) is 8.86. The van der Waals surface area contributed by atoms with Gasteiger partial charge in [-0.3, -0.25) is 4.79 Å². The maximum absolute atomic E-state index is 13.0. The highest BCUT2D eigenvalue weighted by atomic mass is 35.5. The average Bonchev–Trinajstić information content (AvgIpc) is 2.65. The zero-order valence-corrected chi connectivity index (χ0v) is 11.9. The van der Waals surface area contributed by atoms with Crippen molar-refractivity contribution < 1.29 is 18.7 Å². The first kappa shape index (κ1) is 15.5. The molecule has 1 fully saturated rings. The molecule has 0 aromatic rings. The molecule has 3 atom stereocenters. The average molecular weight is 330 g/mol. The van der Waals surface area contributed by atoms with Crippen molar-refractivity contribution in [1.29, 1.82) is 0 Å². The number of carbonyl (C=O) groups is 1. The van der Waals surface area contributed by atoms with Crippen LogP contribution in [0.25, 0.3) is 0 Å². The van der Waals surface area contributed by atoms with Crippen LogP contribution >= 0.6 is 46.4 Å². The van der Waals surface area contributed by atoms with E-state index >= 15 is 0 Å². The number of hydrogen-bond acceptors (Lipinski definition) is 1. The highest BCUT2D eigenvalue weighted by Crippen LogP contribution is 2.65. The lowest BCUT2D eigenvalue weighted by molar-refractivity contribution is -0.139. The van der Waals surface area contributed by atoms with E-state index in [9.17, 15) is 13.6 Å². The first-order valence-electron chi connectivity index (χ1n) is 4.66. The molecule has 0 radical (unpaired) electrons. The lowest BCUT2D eigenvalue weighted by atomic mass is 10.1. The molecule has 2 nitrogen and oxygen atoms in total. The minimum Gasteiger partial charge on any atom is -0.481 e. The van der Waals surface area contributed by atoms with E-state index in [1.807, 2.05) is 0 Å². The number of carboxylic acid groups (broad SMARTS) is 1. The van der Waals surface area contributed by atoms with Crippen LogP contribution < -0.4 is 0 Å². The van der Waals surface area contributed by atoms with Crippen LogP contribution in [0, 0.1) is 17.3 Å². The Morgan fingerprint density at radius 2 is 1.76 bits per heavy atom. The van der Waals surface area contributed by atoms with E-state index in [0.717, 1.165) is 0 Å². The normalized spacial score (nSPS) is 29.9. The summed E-state index contributed by atoms with van der Waals surface area (Å²) in [4.78, 5) is 10.9. The van der Waals surface area contributed by atoms with E-state index in [4.69, 9.17) is 51.5 Å². The zero-order chi connectivity index (χ0) is 13.8. The molecule has 0 spiro atoms. The van der Waals surface area contributed by atoms with Crippen LogP contribution in [0.3, 0.4) is 0 Å². The lowest BCUT2D eigenvalue weighted by Crippen LogP contribution is -2.43. The summed E-state index contributed by atoms with van der Waals surface area (Å²) in [5, 5.41) is 3.51. The van der Waals surface area contributed by atoms with Gasteiger partial charge in [0.15, 0.2) is 0 Å². The highest BCUT2D eigenvalue weighted by molar-refractivity contribution is 6.56. The molecule has 3 unspecified atom stereocenters. The van der Waals surface area contributed by atoms with Gasteiger partial charge in [-0.05, 0) is 22.9 Å². The quantitative estimate of drug-likeness (QED) is 0.793. The van der Waals surface area contributed by atoms with Crippen molar-refractivity contribution in [1.82, 2.24) is 0 Å². The summed E-state index contributed by atoms with van der Waals surface area (Å²) in [6.45, 7) is 3.20. The molecule has 1 aliphatic carbocycles. The highest BCUT2D eigenvalue weighted by Gasteiger charge is 2.71. The summed E-state index contributed by atoms with van der Waals surface area (Å²) in [6, 6.07) is 0. The van der Waals surface area contributed by atoms with Gasteiger partial charge in [0.2, 0.25) is 4.33 Å². The fraction of sp³-hybridized carbons (Fsp3) is 0.889. The third-order valence-corrected chi connectivity index (χ3v) is 5.47. The largest absolute Gasteiger partial charge is 0.481 e. The van der Waals surface area contributed by atoms with Gasteiger partial charge in [-0.25, -0.2) is 0 Å². The van der Waals surface area contributed by atoms with Crippen LogP contribution in [0.15, 0.2) is 0 Å². The molecule has 1 aliphatic rings. The monoisotopic (exact) mass is 328 g/mol. The van der Waals surface area contributed by atoms with Gasteiger partial charge in [0.05, 0.1) is 11.3 Å². The SMILES string of the molecule is CC1(C)C(C(=O)O)C1C(Cl)C(Cl)(Cl)C(F)(F)Cl. The van der Waals surface area contributed by atoms with Gasteiger partial charge in [0.25, 0.3) is 0 Å². The van der Waals surface area contributed by atoms with Crippen LogP contribution in [0.5, 0.6) is 0 Å². The van der Waals surface area contributed by atoms with Crippen LogP contribution in [0.2, 0.25) is 0 Å². The molecule has 0 saturated heterocycles. The Morgan fingerprint density at radius 3 is 2.00 bits per heavy atom. The van der Waals surface area contributed by atoms with Gasteiger partial charge in [-0.15, -0.1) is 11.6 Å². The van der Waals surface area contributed by atoms with Crippen molar-refractivity contribution >= 4 is 52.4 Å². The smallest absolute Gasteiger partial charge is 0.355 e. The Bertz CT molecular complexity index is 340. The molecule has 0 heterocycles. The maximum Gasteiger partial charge on any atom is 0.355 e. The van der Waals surface area contributed by atoms with Crippen LogP contribution in [0.1, 0.15) is 13.8 Å². The van der Waals surface area contributed by atoms with Crippen LogP contribution in [-0.4, -0.2) is 26.2 Å². The first-order valence-corrected chi connectivity index (χ1v) is 6.23. The molecule has 1 N–H and O–H groups in total. The molecule has 1 saturated carbocycles. The topological polar surface area (TPSA) is 37.3 Å². The second-order valence-corrected chi connectivity index (χ2v) is 7.02. The molecule has 17 heavy (non-hydrogen) atoms. The molecule has 1 rings (SSSR count). The van der Waals surface area contributed by atoms with Crippen molar-refractivity contribution in [3.63, 3.8) is 0 Å². The van der Waals surface area contributed by atoms with Gasteiger partial charge in [0.1, 0.15) is 0 Å². The molecule has 0 aromatic carbocycles. The van der Waals surface area contributed by atoms with E-state index in [2.05, 4.69) is 0 Å². The van der Waals surface area contributed by atoms with E-state index in [1.54, 1.807) is 13.8 Å². The molecular weight excluding hydrogens is 320 g/mol. The van der Waals surface area contributed by atoms with E-state index in [0.29, 0.717) is 0 Å². The maximum atomic E-state index is 13.0. The predicted octanol–water partition coefficient (Wildman–Crippen LogP) is 3.96. The number of hydrogen-bond donors (Lipinski definition) is 1. The summed E-state index contributed by atoms with van der Waals surface area (Å²) in [5.41, 5.74) is -0.741. The predicted molar refractivity (Wildman–Crippen MR) is 63.3 cm³/mol. The number of halogens is 6. The number of alkyl halides is 6. The second-order valence-electron chi connectivity index (χ2n) is 4.69. The Morgan fingerprint density at radius 1 is 1.35 bits per heavy atom. The Labute approximate surface area is 117 Å². The van der Waals surface area contributed by atoms with Gasteiger partial charge in [0, 0.05) is 0 Å². The Balaban J connectivity index is 2.94. The first-order chi connectivity index (χ1) is 7.35. The fourth-order valence-corrected chi connectivity index (χ4v) is 3.13. The molecular formula is C9H10Cl4F2O2. The standard InChI is InChI=1S/C9H10Cl4F2O2/c1-7(2)3(4(7)6(16)17)5(10)8(11,12)9(13,14)15/h3-5H,1-2H3,(H,16,17). The van der Waals surface area contributed by atoms with Gasteiger partial charge in [-0.2, -0.15) is 8.78 Å². The summed E-state index contributed by atoms with van der Waals surface area (Å²) in [7, 11) is 0. The van der Waals surface area contributed by atoms with E-state index < -0.39 is 38.3 Å². The summed E-state index contributed by atoms with van der Waals surface area (Å²) in [5.74, 6) is -2.74. The molecule has 0 aromatic heterocycles. The van der Waals surface area contributed by atoms with Crippen LogP contribution in [-0.2, 0) is 4.79 Å². The second kappa shape index (κ2) is 4.26. The lowest BCUT2D eigenvalue weighted by Gasteiger charge is -2.29. The van der Waals surface area contributed by atoms with E-state index in [-0.39, 0.29) is 0 Å².